The molecule has 0 saturated carbocycles. The van der Waals surface area contributed by atoms with Crippen molar-refractivity contribution in [3.05, 3.63) is 53.1 Å². The SMILES string of the molecule is Cc1cncc(-c2cc(F)c3c(c2)CCc2nnc(C)n2-3)c1N(C)C. The molecule has 0 radical (unpaired) electrons. The van der Waals surface area contributed by atoms with Crippen LogP contribution >= 0.6 is 0 Å². The molecule has 2 aromatic heterocycles. The highest BCUT2D eigenvalue weighted by atomic mass is 19.1. The summed E-state index contributed by atoms with van der Waals surface area (Å²) in [6.45, 7) is 3.88. The molecule has 0 bridgehead atoms. The predicted molar refractivity (Wildman–Crippen MR) is 95.8 cm³/mol. The van der Waals surface area contributed by atoms with Gasteiger partial charge in [-0.1, -0.05) is 0 Å². The van der Waals surface area contributed by atoms with Crippen LogP contribution in [0.1, 0.15) is 22.8 Å². The topological polar surface area (TPSA) is 46.8 Å². The van der Waals surface area contributed by atoms with Crippen LogP contribution in [0.3, 0.4) is 0 Å². The lowest BCUT2D eigenvalue weighted by molar-refractivity contribution is 0.602. The number of pyridine rings is 1. The molecular weight excluding hydrogens is 317 g/mol. The van der Waals surface area contributed by atoms with E-state index in [-0.39, 0.29) is 5.82 Å². The molecule has 0 N–H and O–H groups in total. The summed E-state index contributed by atoms with van der Waals surface area (Å²) in [6.07, 6.45) is 5.17. The fraction of sp³-hybridized carbons (Fsp3) is 0.316. The first-order valence-corrected chi connectivity index (χ1v) is 8.33. The number of hydrogen-bond donors (Lipinski definition) is 0. The van der Waals surface area contributed by atoms with Crippen LogP contribution in [0.15, 0.2) is 24.5 Å². The van der Waals surface area contributed by atoms with Crippen LogP contribution in [0.25, 0.3) is 16.8 Å². The lowest BCUT2D eigenvalue weighted by Crippen LogP contribution is -2.16. The van der Waals surface area contributed by atoms with Gasteiger partial charge in [0.05, 0.1) is 11.4 Å². The van der Waals surface area contributed by atoms with Gasteiger partial charge in [0.15, 0.2) is 0 Å². The molecule has 4 rings (SSSR count). The molecule has 128 valence electrons. The molecule has 0 amide bonds. The minimum absolute atomic E-state index is 0.248. The summed E-state index contributed by atoms with van der Waals surface area (Å²) in [5.74, 6) is 1.29. The first-order chi connectivity index (χ1) is 12.0. The van der Waals surface area contributed by atoms with Crippen molar-refractivity contribution < 1.29 is 4.39 Å². The second-order valence-electron chi connectivity index (χ2n) is 6.71. The summed E-state index contributed by atoms with van der Waals surface area (Å²) in [4.78, 5) is 6.36. The van der Waals surface area contributed by atoms with Gasteiger partial charge in [0.25, 0.3) is 0 Å². The van der Waals surface area contributed by atoms with Gasteiger partial charge in [-0.25, -0.2) is 4.39 Å². The zero-order valence-corrected chi connectivity index (χ0v) is 14.8. The Morgan fingerprint density at radius 3 is 2.64 bits per heavy atom. The fourth-order valence-electron chi connectivity index (χ4n) is 3.72. The Labute approximate surface area is 146 Å². The van der Waals surface area contributed by atoms with E-state index in [2.05, 4.69) is 21.2 Å². The van der Waals surface area contributed by atoms with Crippen molar-refractivity contribution in [1.82, 2.24) is 19.7 Å². The summed E-state index contributed by atoms with van der Waals surface area (Å²) in [5.41, 5.74) is 5.49. The zero-order valence-electron chi connectivity index (χ0n) is 14.8. The van der Waals surface area contributed by atoms with E-state index >= 15 is 4.39 Å². The van der Waals surface area contributed by atoms with Gasteiger partial charge >= 0.3 is 0 Å². The quantitative estimate of drug-likeness (QED) is 0.720. The monoisotopic (exact) mass is 337 g/mol. The molecular formula is C19H20FN5. The Bertz CT molecular complexity index is 974. The Kier molecular flexibility index (Phi) is 3.56. The summed E-state index contributed by atoms with van der Waals surface area (Å²) in [6, 6.07) is 3.67. The summed E-state index contributed by atoms with van der Waals surface area (Å²) >= 11 is 0. The largest absolute Gasteiger partial charge is 0.377 e. The molecule has 25 heavy (non-hydrogen) atoms. The number of halogens is 1. The standard InChI is InChI=1S/C19H20FN5/c1-11-9-21-10-15(18(11)24(3)4)14-7-13-5-6-17-23-22-12(2)25(17)19(13)16(20)8-14/h7-10H,5-6H2,1-4H3. The third kappa shape index (κ3) is 2.40. The number of anilines is 1. The van der Waals surface area contributed by atoms with Gasteiger partial charge in [0.2, 0.25) is 0 Å². The first-order valence-electron chi connectivity index (χ1n) is 8.33. The van der Waals surface area contributed by atoms with E-state index in [0.29, 0.717) is 11.5 Å². The molecule has 1 aromatic carbocycles. The van der Waals surface area contributed by atoms with Crippen LogP contribution in [0.5, 0.6) is 0 Å². The van der Waals surface area contributed by atoms with Crippen molar-refractivity contribution in [2.75, 3.05) is 19.0 Å². The highest BCUT2D eigenvalue weighted by molar-refractivity contribution is 5.81. The van der Waals surface area contributed by atoms with Crippen molar-refractivity contribution in [3.63, 3.8) is 0 Å². The van der Waals surface area contributed by atoms with E-state index < -0.39 is 0 Å². The van der Waals surface area contributed by atoms with E-state index in [4.69, 9.17) is 0 Å². The van der Waals surface area contributed by atoms with Gasteiger partial charge in [0, 0.05) is 38.5 Å². The Balaban J connectivity index is 1.93. The molecule has 0 atom stereocenters. The van der Waals surface area contributed by atoms with Crippen LogP contribution in [-0.2, 0) is 12.8 Å². The maximum Gasteiger partial charge on any atom is 0.148 e. The van der Waals surface area contributed by atoms with E-state index in [0.717, 1.165) is 46.6 Å². The molecule has 6 heteroatoms. The lowest BCUT2D eigenvalue weighted by atomic mass is 9.95. The average molecular weight is 337 g/mol. The minimum atomic E-state index is -0.248. The summed E-state index contributed by atoms with van der Waals surface area (Å²) < 4.78 is 16.9. The summed E-state index contributed by atoms with van der Waals surface area (Å²) in [7, 11) is 3.99. The van der Waals surface area contributed by atoms with Crippen molar-refractivity contribution >= 4 is 5.69 Å². The molecule has 0 spiro atoms. The molecule has 1 aliphatic heterocycles. The number of benzene rings is 1. The maximum atomic E-state index is 15.1. The number of nitrogens with zero attached hydrogens (tertiary/aromatic N) is 5. The van der Waals surface area contributed by atoms with Crippen LogP contribution in [-0.4, -0.2) is 33.8 Å². The molecule has 3 heterocycles. The van der Waals surface area contributed by atoms with E-state index in [1.165, 1.54) is 0 Å². The molecule has 1 aliphatic rings. The predicted octanol–water partition coefficient (Wildman–Crippen LogP) is 3.25. The van der Waals surface area contributed by atoms with Crippen LogP contribution < -0.4 is 4.90 Å². The maximum absolute atomic E-state index is 15.1. The number of fused-ring (bicyclic) bond motifs is 3. The zero-order chi connectivity index (χ0) is 17.7. The third-order valence-corrected chi connectivity index (χ3v) is 4.73. The second-order valence-corrected chi connectivity index (χ2v) is 6.71. The third-order valence-electron chi connectivity index (χ3n) is 4.73. The van der Waals surface area contributed by atoms with Crippen molar-refractivity contribution in [3.8, 4) is 16.8 Å². The molecule has 3 aromatic rings. The second kappa shape index (κ2) is 5.65. The normalized spacial score (nSPS) is 12.7. The van der Waals surface area contributed by atoms with Crippen molar-refractivity contribution in [2.24, 2.45) is 0 Å². The Morgan fingerprint density at radius 2 is 1.88 bits per heavy atom. The molecule has 0 saturated heterocycles. The molecule has 0 unspecified atom stereocenters. The van der Waals surface area contributed by atoms with E-state index in [1.54, 1.807) is 6.07 Å². The van der Waals surface area contributed by atoms with E-state index in [1.807, 2.05) is 49.8 Å². The Morgan fingerprint density at radius 1 is 1.08 bits per heavy atom. The van der Waals surface area contributed by atoms with Gasteiger partial charge in [-0.05, 0) is 49.1 Å². The highest BCUT2D eigenvalue weighted by Crippen LogP contribution is 2.36. The Hall–Kier alpha value is -2.76. The van der Waals surface area contributed by atoms with Crippen LogP contribution in [0.4, 0.5) is 10.1 Å². The van der Waals surface area contributed by atoms with Gasteiger partial charge in [-0.2, -0.15) is 0 Å². The van der Waals surface area contributed by atoms with Gasteiger partial charge in [0.1, 0.15) is 17.5 Å². The smallest absolute Gasteiger partial charge is 0.148 e. The molecule has 0 aliphatic carbocycles. The number of rotatable bonds is 2. The summed E-state index contributed by atoms with van der Waals surface area (Å²) in [5, 5.41) is 8.25. The average Bonchev–Trinajstić information content (AvgIpc) is 2.95. The number of hydrogen-bond acceptors (Lipinski definition) is 4. The minimum Gasteiger partial charge on any atom is -0.377 e. The first kappa shape index (κ1) is 15.7. The van der Waals surface area contributed by atoms with Crippen LogP contribution in [0.2, 0.25) is 0 Å². The fourth-order valence-corrected chi connectivity index (χ4v) is 3.72. The number of aromatic nitrogens is 4. The van der Waals surface area contributed by atoms with Gasteiger partial charge < -0.3 is 4.90 Å². The lowest BCUT2D eigenvalue weighted by Gasteiger charge is -2.23. The van der Waals surface area contributed by atoms with Gasteiger partial charge in [-0.3, -0.25) is 9.55 Å². The highest BCUT2D eigenvalue weighted by Gasteiger charge is 2.24. The molecule has 5 nitrogen and oxygen atoms in total. The number of aryl methyl sites for hydroxylation is 4. The van der Waals surface area contributed by atoms with Gasteiger partial charge in [-0.15, -0.1) is 10.2 Å². The van der Waals surface area contributed by atoms with E-state index in [9.17, 15) is 0 Å². The van der Waals surface area contributed by atoms with Crippen molar-refractivity contribution in [2.45, 2.75) is 26.7 Å². The van der Waals surface area contributed by atoms with Crippen LogP contribution in [0, 0.1) is 19.7 Å². The molecule has 0 fully saturated rings. The van der Waals surface area contributed by atoms with Crippen molar-refractivity contribution in [1.29, 1.82) is 0 Å².